The molecule has 0 radical (unpaired) electrons. The summed E-state index contributed by atoms with van der Waals surface area (Å²) in [6.07, 6.45) is 21.6. The van der Waals surface area contributed by atoms with Crippen molar-refractivity contribution < 1.29 is 0 Å². The highest BCUT2D eigenvalue weighted by Gasteiger charge is 2.40. The zero-order chi connectivity index (χ0) is 45.2. The van der Waals surface area contributed by atoms with Gasteiger partial charge in [0.15, 0.2) is 0 Å². The standard InChI is InChI=1S/C61H66N6/c62-52-30-25-49(26-31-52)61-57-34-22-46(41-66-55-14-8-3-9-15-55)36-51(57)42-67-59-35-29-50(37-58(59)61)60(47-23-20-45(21-24-47)40-64-54-12-6-2-7-13-54)48-27-32-56(33-28-48)65-39-44-18-16-43(17-19-44)38-63-53-10-4-1-5-11-53/h1-15,25-33,35,37-41,43-47,51,57,60-61,67H,16-24,34,36,42,62H2. The number of nitrogen functional groups attached to an aromatic ring is 1. The molecule has 1 aliphatic heterocycles. The second-order valence-corrected chi connectivity index (χ2v) is 19.9. The van der Waals surface area contributed by atoms with Crippen molar-refractivity contribution in [3.05, 3.63) is 180 Å². The fraction of sp³-hybridized carbons (Fsp3) is 0.344. The molecule has 3 N–H and O–H groups in total. The molecule has 0 saturated heterocycles. The molecule has 3 fully saturated rings. The molecule has 3 aliphatic carbocycles. The van der Waals surface area contributed by atoms with Gasteiger partial charge in [-0.1, -0.05) is 91.0 Å². The number of hydrogen-bond acceptors (Lipinski definition) is 6. The monoisotopic (exact) mass is 883 g/mol. The molecule has 0 aromatic heterocycles. The summed E-state index contributed by atoms with van der Waals surface area (Å²) in [4.78, 5) is 19.7. The van der Waals surface area contributed by atoms with Gasteiger partial charge in [-0.15, -0.1) is 0 Å². The number of para-hydroxylation sites is 3. The van der Waals surface area contributed by atoms with Crippen LogP contribution in [0, 0.1) is 41.4 Å². The van der Waals surface area contributed by atoms with Crippen molar-refractivity contribution in [1.82, 2.24) is 0 Å². The highest BCUT2D eigenvalue weighted by atomic mass is 14.9. The van der Waals surface area contributed by atoms with E-state index in [4.69, 9.17) is 25.7 Å². The summed E-state index contributed by atoms with van der Waals surface area (Å²) in [5.74, 6) is 4.13. The minimum atomic E-state index is 0.274. The molecule has 1 heterocycles. The maximum absolute atomic E-state index is 6.33. The van der Waals surface area contributed by atoms with Gasteiger partial charge in [-0.2, -0.15) is 0 Å². The molecule has 6 heteroatoms. The predicted molar refractivity (Wildman–Crippen MR) is 283 cm³/mol. The number of anilines is 2. The number of aliphatic imine (C=N–C) groups is 4. The van der Waals surface area contributed by atoms with E-state index in [1.165, 1.54) is 47.2 Å². The summed E-state index contributed by atoms with van der Waals surface area (Å²) in [6, 6.07) is 56.6. The first-order chi connectivity index (χ1) is 33.1. The Balaban J connectivity index is 0.906. The summed E-state index contributed by atoms with van der Waals surface area (Å²) in [5.41, 5.74) is 18.2. The molecule has 67 heavy (non-hydrogen) atoms. The first-order valence-electron chi connectivity index (χ1n) is 25.2. The van der Waals surface area contributed by atoms with Crippen LogP contribution in [0.2, 0.25) is 0 Å². The molecule has 0 amide bonds. The maximum Gasteiger partial charge on any atom is 0.0626 e. The molecule has 6 aromatic rings. The topological polar surface area (TPSA) is 87.5 Å². The molecule has 4 aliphatic rings. The highest BCUT2D eigenvalue weighted by Crippen LogP contribution is 2.51. The number of benzene rings is 6. The average molecular weight is 883 g/mol. The van der Waals surface area contributed by atoms with Crippen LogP contribution in [0.5, 0.6) is 0 Å². The number of hydrogen-bond donors (Lipinski definition) is 2. The Morgan fingerprint density at radius 2 is 0.925 bits per heavy atom. The molecular formula is C61H66N6. The minimum Gasteiger partial charge on any atom is -0.399 e. The van der Waals surface area contributed by atoms with Gasteiger partial charge < -0.3 is 11.1 Å². The van der Waals surface area contributed by atoms with Crippen molar-refractivity contribution >= 4 is 59.0 Å². The molecular weight excluding hydrogens is 817 g/mol. The Hall–Kier alpha value is -6.40. The molecule has 5 atom stereocenters. The molecule has 6 aromatic carbocycles. The van der Waals surface area contributed by atoms with E-state index in [1.54, 1.807) is 0 Å². The van der Waals surface area contributed by atoms with E-state index in [0.29, 0.717) is 41.4 Å². The largest absolute Gasteiger partial charge is 0.399 e. The first-order valence-corrected chi connectivity index (χ1v) is 25.2. The lowest BCUT2D eigenvalue weighted by atomic mass is 9.65. The Morgan fingerprint density at radius 1 is 0.463 bits per heavy atom. The van der Waals surface area contributed by atoms with E-state index in [-0.39, 0.29) is 11.8 Å². The lowest BCUT2D eigenvalue weighted by molar-refractivity contribution is 0.207. The molecule has 0 spiro atoms. The van der Waals surface area contributed by atoms with Crippen molar-refractivity contribution in [3.63, 3.8) is 0 Å². The number of rotatable bonds is 12. The van der Waals surface area contributed by atoms with Gasteiger partial charge in [0.05, 0.1) is 22.7 Å². The van der Waals surface area contributed by atoms with E-state index in [1.807, 2.05) is 6.07 Å². The molecule has 5 unspecified atom stereocenters. The van der Waals surface area contributed by atoms with E-state index in [2.05, 4.69) is 182 Å². The van der Waals surface area contributed by atoms with E-state index >= 15 is 0 Å². The van der Waals surface area contributed by atoms with Gasteiger partial charge in [0.2, 0.25) is 0 Å². The van der Waals surface area contributed by atoms with Crippen LogP contribution in [0.3, 0.4) is 0 Å². The molecule has 0 bridgehead atoms. The van der Waals surface area contributed by atoms with Crippen molar-refractivity contribution in [2.45, 2.75) is 82.5 Å². The summed E-state index contributed by atoms with van der Waals surface area (Å²) in [7, 11) is 0. The Labute approximate surface area is 398 Å². The third kappa shape index (κ3) is 11.2. The Kier molecular flexibility index (Phi) is 14.2. The van der Waals surface area contributed by atoms with Gasteiger partial charge in [0.1, 0.15) is 0 Å². The second-order valence-electron chi connectivity index (χ2n) is 19.9. The third-order valence-corrected chi connectivity index (χ3v) is 15.5. The minimum absolute atomic E-state index is 0.274. The lowest BCUT2D eigenvalue weighted by Crippen LogP contribution is -2.32. The van der Waals surface area contributed by atoms with E-state index in [0.717, 1.165) is 86.3 Å². The number of nitrogens with one attached hydrogen (secondary N) is 1. The van der Waals surface area contributed by atoms with Gasteiger partial charge in [-0.05, 0) is 201 Å². The Bertz CT molecular complexity index is 2600. The molecule has 340 valence electrons. The fourth-order valence-corrected chi connectivity index (χ4v) is 11.8. The van der Waals surface area contributed by atoms with E-state index < -0.39 is 0 Å². The maximum atomic E-state index is 6.33. The summed E-state index contributed by atoms with van der Waals surface area (Å²) < 4.78 is 0. The quantitative estimate of drug-likeness (QED) is 0.0947. The van der Waals surface area contributed by atoms with Crippen molar-refractivity contribution in [2.75, 3.05) is 17.6 Å². The average Bonchev–Trinajstić information content (AvgIpc) is 3.55. The fourth-order valence-electron chi connectivity index (χ4n) is 11.8. The van der Waals surface area contributed by atoms with Crippen LogP contribution in [-0.4, -0.2) is 31.4 Å². The number of nitrogens with two attached hydrogens (primary N) is 1. The first kappa shape index (κ1) is 44.4. The smallest absolute Gasteiger partial charge is 0.0626 e. The van der Waals surface area contributed by atoms with Gasteiger partial charge >= 0.3 is 0 Å². The second kappa shape index (κ2) is 21.5. The summed E-state index contributed by atoms with van der Waals surface area (Å²) in [6.45, 7) is 0.974. The summed E-state index contributed by atoms with van der Waals surface area (Å²) >= 11 is 0. The van der Waals surface area contributed by atoms with Crippen LogP contribution in [0.25, 0.3) is 0 Å². The van der Waals surface area contributed by atoms with Crippen LogP contribution in [0.15, 0.2) is 178 Å². The van der Waals surface area contributed by atoms with Gasteiger partial charge in [-0.3, -0.25) is 20.0 Å². The molecule has 6 nitrogen and oxygen atoms in total. The van der Waals surface area contributed by atoms with Gasteiger partial charge in [0.25, 0.3) is 0 Å². The van der Waals surface area contributed by atoms with Crippen LogP contribution in [0.1, 0.15) is 105 Å². The van der Waals surface area contributed by atoms with Crippen LogP contribution in [0.4, 0.5) is 34.1 Å². The normalized spacial score (nSPS) is 26.0. The molecule has 3 saturated carbocycles. The third-order valence-electron chi connectivity index (χ3n) is 15.5. The van der Waals surface area contributed by atoms with Crippen LogP contribution in [-0.2, 0) is 0 Å². The SMILES string of the molecule is Nc1ccc(C2c3cc(C(c4ccc(N=CC5CCC(C=Nc6ccccc6)CC5)cc4)C4CCC(C=Nc5ccccc5)CC4)ccc3NCC3CC(C=Nc4ccccc4)CCC32)cc1. The zero-order valence-electron chi connectivity index (χ0n) is 38.9. The highest BCUT2D eigenvalue weighted by molar-refractivity contribution is 5.70. The van der Waals surface area contributed by atoms with Crippen LogP contribution >= 0.6 is 0 Å². The number of nitrogens with zero attached hydrogens (tertiary/aromatic N) is 4. The summed E-state index contributed by atoms with van der Waals surface area (Å²) in [5, 5.41) is 4.01. The van der Waals surface area contributed by atoms with Crippen molar-refractivity contribution in [2.24, 2.45) is 61.4 Å². The zero-order valence-corrected chi connectivity index (χ0v) is 38.9. The predicted octanol–water partition coefficient (Wildman–Crippen LogP) is 15.5. The van der Waals surface area contributed by atoms with Crippen LogP contribution < -0.4 is 11.1 Å². The van der Waals surface area contributed by atoms with Gasteiger partial charge in [0, 0.05) is 54.6 Å². The van der Waals surface area contributed by atoms with Crippen molar-refractivity contribution in [3.8, 4) is 0 Å². The van der Waals surface area contributed by atoms with Gasteiger partial charge in [-0.25, -0.2) is 0 Å². The Morgan fingerprint density at radius 3 is 1.46 bits per heavy atom. The number of fused-ring (bicyclic) bond motifs is 2. The van der Waals surface area contributed by atoms with E-state index in [9.17, 15) is 0 Å². The van der Waals surface area contributed by atoms with Crippen molar-refractivity contribution in [1.29, 1.82) is 0 Å². The molecule has 10 rings (SSSR count). The lowest BCUT2D eigenvalue weighted by Gasteiger charge is -2.39.